The number of hydrogen-bond acceptors (Lipinski definition) is 3. The highest BCUT2D eigenvalue weighted by Crippen LogP contribution is 2.25. The molecule has 5 heteroatoms. The number of aryl methyl sites for hydroxylation is 1. The van der Waals surface area contributed by atoms with Crippen molar-refractivity contribution in [1.29, 1.82) is 0 Å². The summed E-state index contributed by atoms with van der Waals surface area (Å²) in [5, 5.41) is 0. The zero-order valence-corrected chi connectivity index (χ0v) is 16.7. The lowest BCUT2D eigenvalue weighted by Crippen LogP contribution is -2.03. The van der Waals surface area contributed by atoms with E-state index in [2.05, 4.69) is 79.2 Å². The summed E-state index contributed by atoms with van der Waals surface area (Å²) >= 11 is 3.48. The van der Waals surface area contributed by atoms with Crippen molar-refractivity contribution in [2.24, 2.45) is 0 Å². The monoisotopic (exact) mass is 413 g/mol. The maximum Gasteiger partial charge on any atom is 0.164 e. The van der Waals surface area contributed by atoms with Crippen LogP contribution in [-0.2, 0) is 0 Å². The van der Waals surface area contributed by atoms with E-state index in [0.717, 1.165) is 21.2 Å². The van der Waals surface area contributed by atoms with Crippen molar-refractivity contribution in [1.82, 2.24) is 15.0 Å². The molecule has 0 aliphatic carbocycles. The fourth-order valence-electron chi connectivity index (χ4n) is 2.77. The Morgan fingerprint density at radius 3 is 1.41 bits per heavy atom. The third kappa shape index (κ3) is 3.98. The van der Waals surface area contributed by atoms with Gasteiger partial charge in [0, 0.05) is 21.2 Å². The lowest BCUT2D eigenvalue weighted by molar-refractivity contribution is 1.07. The van der Waals surface area contributed by atoms with Gasteiger partial charge in [0.1, 0.15) is 7.85 Å². The summed E-state index contributed by atoms with van der Waals surface area (Å²) in [6.45, 7) is 2.07. The van der Waals surface area contributed by atoms with Crippen LogP contribution in [0, 0.1) is 6.92 Å². The minimum atomic E-state index is 0.670. The summed E-state index contributed by atoms with van der Waals surface area (Å²) in [5.74, 6) is 2.03. The quantitative estimate of drug-likeness (QED) is 0.472. The Morgan fingerprint density at radius 2 is 0.963 bits per heavy atom. The molecule has 0 saturated carbocycles. The van der Waals surface area contributed by atoms with Crippen LogP contribution in [0.3, 0.4) is 0 Å². The van der Waals surface area contributed by atoms with Gasteiger partial charge in [0.05, 0.1) is 0 Å². The van der Waals surface area contributed by atoms with Gasteiger partial charge in [-0.25, -0.2) is 15.0 Å². The van der Waals surface area contributed by atoms with Crippen LogP contribution in [0.25, 0.3) is 34.2 Å². The van der Waals surface area contributed by atoms with Gasteiger partial charge in [-0.3, -0.25) is 0 Å². The normalized spacial score (nSPS) is 10.7. The standard InChI is InChI=1S/C22H17BBrN3/c1-14-2-4-15(5-3-14)20-25-21(16-6-10-18(23)11-7-16)27-22(26-20)17-8-12-19(24)13-9-17/h2-13H,23H2,1H3. The molecule has 0 fully saturated rings. The molecule has 0 spiro atoms. The Hall–Kier alpha value is -2.79. The Labute approximate surface area is 168 Å². The summed E-state index contributed by atoms with van der Waals surface area (Å²) in [6, 6.07) is 24.5. The summed E-state index contributed by atoms with van der Waals surface area (Å²) < 4.78 is 1.03. The van der Waals surface area contributed by atoms with Gasteiger partial charge >= 0.3 is 0 Å². The molecule has 4 aromatic rings. The number of aromatic nitrogens is 3. The van der Waals surface area contributed by atoms with Gasteiger partial charge in [-0.05, 0) is 19.1 Å². The van der Waals surface area contributed by atoms with E-state index in [9.17, 15) is 0 Å². The molecular formula is C22H17BBrN3. The summed E-state index contributed by atoms with van der Waals surface area (Å²) in [4.78, 5) is 14.2. The fourth-order valence-corrected chi connectivity index (χ4v) is 3.03. The number of hydrogen-bond donors (Lipinski definition) is 0. The van der Waals surface area contributed by atoms with E-state index in [-0.39, 0.29) is 0 Å². The fraction of sp³-hybridized carbons (Fsp3) is 0.0455. The van der Waals surface area contributed by atoms with Crippen molar-refractivity contribution in [3.05, 3.63) is 82.8 Å². The number of halogens is 1. The first-order valence-corrected chi connectivity index (χ1v) is 9.54. The molecule has 0 N–H and O–H groups in total. The Kier molecular flexibility index (Phi) is 4.86. The molecule has 3 nitrogen and oxygen atoms in total. The van der Waals surface area contributed by atoms with Gasteiger partial charge in [-0.1, -0.05) is 87.6 Å². The van der Waals surface area contributed by atoms with Crippen molar-refractivity contribution < 1.29 is 0 Å². The molecule has 4 rings (SSSR count). The molecule has 0 amide bonds. The van der Waals surface area contributed by atoms with Crippen LogP contribution in [0.5, 0.6) is 0 Å². The molecule has 0 aliphatic rings. The summed E-state index contributed by atoms with van der Waals surface area (Å²) in [7, 11) is 2.07. The molecule has 0 bridgehead atoms. The van der Waals surface area contributed by atoms with Gasteiger partial charge in [-0.2, -0.15) is 0 Å². The van der Waals surface area contributed by atoms with E-state index in [4.69, 9.17) is 15.0 Å². The maximum absolute atomic E-state index is 4.74. The summed E-state index contributed by atoms with van der Waals surface area (Å²) in [6.07, 6.45) is 0. The van der Waals surface area contributed by atoms with Crippen molar-refractivity contribution in [2.75, 3.05) is 0 Å². The van der Waals surface area contributed by atoms with Crippen molar-refractivity contribution in [3.63, 3.8) is 0 Å². The molecule has 0 unspecified atom stereocenters. The topological polar surface area (TPSA) is 38.7 Å². The maximum atomic E-state index is 4.74. The molecule has 0 aliphatic heterocycles. The molecule has 1 aromatic heterocycles. The van der Waals surface area contributed by atoms with E-state index in [1.165, 1.54) is 11.0 Å². The van der Waals surface area contributed by atoms with E-state index in [1.54, 1.807) is 0 Å². The highest BCUT2D eigenvalue weighted by atomic mass is 79.9. The van der Waals surface area contributed by atoms with Crippen LogP contribution in [0.2, 0.25) is 0 Å². The smallest absolute Gasteiger partial charge is 0.164 e. The van der Waals surface area contributed by atoms with Gasteiger partial charge in [0.25, 0.3) is 0 Å². The van der Waals surface area contributed by atoms with E-state index in [1.807, 2.05) is 24.3 Å². The first-order valence-electron chi connectivity index (χ1n) is 8.74. The molecule has 27 heavy (non-hydrogen) atoms. The first-order chi connectivity index (χ1) is 13.1. The van der Waals surface area contributed by atoms with Crippen LogP contribution in [0.4, 0.5) is 0 Å². The first kappa shape index (κ1) is 17.6. The van der Waals surface area contributed by atoms with Crippen molar-refractivity contribution in [2.45, 2.75) is 6.92 Å². The Balaban J connectivity index is 1.89. The summed E-state index contributed by atoms with van der Waals surface area (Å²) in [5.41, 5.74) is 5.34. The number of nitrogens with zero attached hydrogens (tertiary/aromatic N) is 3. The minimum absolute atomic E-state index is 0.670. The Morgan fingerprint density at radius 1 is 0.593 bits per heavy atom. The molecular weight excluding hydrogens is 397 g/mol. The molecule has 0 saturated heterocycles. The average molecular weight is 414 g/mol. The number of benzene rings is 3. The third-order valence-corrected chi connectivity index (χ3v) is 4.89. The predicted octanol–water partition coefficient (Wildman–Crippen LogP) is 4.20. The lowest BCUT2D eigenvalue weighted by Gasteiger charge is -2.09. The van der Waals surface area contributed by atoms with Crippen LogP contribution in [-0.4, -0.2) is 22.8 Å². The average Bonchev–Trinajstić information content (AvgIpc) is 2.69. The van der Waals surface area contributed by atoms with Crippen LogP contribution in [0.15, 0.2) is 77.3 Å². The van der Waals surface area contributed by atoms with Gasteiger partial charge in [0.2, 0.25) is 0 Å². The predicted molar refractivity (Wildman–Crippen MR) is 117 cm³/mol. The van der Waals surface area contributed by atoms with Crippen LogP contribution < -0.4 is 5.46 Å². The van der Waals surface area contributed by atoms with Crippen molar-refractivity contribution in [3.8, 4) is 34.2 Å². The van der Waals surface area contributed by atoms with Crippen LogP contribution in [0.1, 0.15) is 5.56 Å². The largest absolute Gasteiger partial charge is 0.208 e. The number of rotatable bonds is 3. The highest BCUT2D eigenvalue weighted by Gasteiger charge is 2.12. The van der Waals surface area contributed by atoms with Crippen LogP contribution >= 0.6 is 15.9 Å². The molecule has 130 valence electrons. The van der Waals surface area contributed by atoms with E-state index >= 15 is 0 Å². The third-order valence-electron chi connectivity index (χ3n) is 4.36. The zero-order chi connectivity index (χ0) is 18.8. The van der Waals surface area contributed by atoms with Gasteiger partial charge < -0.3 is 0 Å². The molecule has 0 radical (unpaired) electrons. The van der Waals surface area contributed by atoms with Crippen molar-refractivity contribution >= 4 is 29.2 Å². The second kappa shape index (κ2) is 7.45. The second-order valence-corrected chi connectivity index (χ2v) is 7.46. The zero-order valence-electron chi connectivity index (χ0n) is 15.1. The lowest BCUT2D eigenvalue weighted by atomic mass is 9.95. The molecule has 1 heterocycles. The molecule has 0 atom stereocenters. The van der Waals surface area contributed by atoms with Gasteiger partial charge in [-0.15, -0.1) is 0 Å². The minimum Gasteiger partial charge on any atom is -0.208 e. The highest BCUT2D eigenvalue weighted by molar-refractivity contribution is 9.10. The van der Waals surface area contributed by atoms with Gasteiger partial charge in [0.15, 0.2) is 17.5 Å². The molecule has 3 aromatic carbocycles. The Bertz CT molecular complexity index is 922. The van der Waals surface area contributed by atoms with E-state index < -0.39 is 0 Å². The second-order valence-electron chi connectivity index (χ2n) is 6.55. The SMILES string of the molecule is Bc1ccc(-c2nc(-c3ccc(C)cc3)nc(-c3ccc(Br)cc3)n2)cc1. The van der Waals surface area contributed by atoms with E-state index in [0.29, 0.717) is 17.5 Å².